The van der Waals surface area contributed by atoms with Gasteiger partial charge in [0.15, 0.2) is 6.10 Å². The van der Waals surface area contributed by atoms with E-state index in [4.69, 9.17) is 4.74 Å². The van der Waals surface area contributed by atoms with Gasteiger partial charge >= 0.3 is 5.97 Å². The minimum absolute atomic E-state index is 0.103. The molecule has 20 heavy (non-hydrogen) atoms. The van der Waals surface area contributed by atoms with Crippen molar-refractivity contribution in [2.45, 2.75) is 53.1 Å². The van der Waals surface area contributed by atoms with E-state index in [2.05, 4.69) is 42.8 Å². The number of benzene rings is 1. The second-order valence-electron chi connectivity index (χ2n) is 6.49. The molecule has 0 heterocycles. The molecule has 0 fully saturated rings. The lowest BCUT2D eigenvalue weighted by Crippen LogP contribution is -2.33. The van der Waals surface area contributed by atoms with Crippen LogP contribution in [0, 0.1) is 12.8 Å². The maximum atomic E-state index is 11.3. The van der Waals surface area contributed by atoms with Gasteiger partial charge in [-0.1, -0.05) is 40.7 Å². The first kappa shape index (κ1) is 17.0. The number of aryl methyl sites for hydroxylation is 1. The quantitative estimate of drug-likeness (QED) is 0.873. The van der Waals surface area contributed by atoms with Gasteiger partial charge in [0.1, 0.15) is 5.75 Å². The fraction of sp³-hybridized carbons (Fsp3) is 0.562. The molecule has 0 amide bonds. The second kappa shape index (κ2) is 6.17. The molecular formula is C16H23BrO3. The lowest BCUT2D eigenvalue weighted by Gasteiger charge is -2.27. The zero-order valence-electron chi connectivity index (χ0n) is 13.0. The maximum absolute atomic E-state index is 11.3. The fourth-order valence-corrected chi connectivity index (χ4v) is 2.67. The van der Waals surface area contributed by atoms with Gasteiger partial charge in [0.25, 0.3) is 0 Å². The molecular weight excluding hydrogens is 320 g/mol. The molecule has 3 nitrogen and oxygen atoms in total. The van der Waals surface area contributed by atoms with E-state index in [0.717, 1.165) is 15.6 Å². The van der Waals surface area contributed by atoms with E-state index in [-0.39, 0.29) is 11.3 Å². The van der Waals surface area contributed by atoms with Crippen molar-refractivity contribution >= 4 is 21.9 Å². The van der Waals surface area contributed by atoms with Crippen molar-refractivity contribution in [1.82, 2.24) is 0 Å². The Kier molecular flexibility index (Phi) is 5.25. The maximum Gasteiger partial charge on any atom is 0.345 e. The van der Waals surface area contributed by atoms with Gasteiger partial charge in [0.2, 0.25) is 0 Å². The molecule has 1 aromatic carbocycles. The third kappa shape index (κ3) is 3.98. The van der Waals surface area contributed by atoms with Crippen molar-refractivity contribution in [3.63, 3.8) is 0 Å². The molecule has 0 spiro atoms. The van der Waals surface area contributed by atoms with Crippen molar-refractivity contribution < 1.29 is 14.6 Å². The minimum atomic E-state index is -0.938. The number of ether oxygens (including phenoxy) is 1. The third-order valence-corrected chi connectivity index (χ3v) is 3.68. The van der Waals surface area contributed by atoms with Crippen LogP contribution in [0.15, 0.2) is 16.6 Å². The summed E-state index contributed by atoms with van der Waals surface area (Å²) in [4.78, 5) is 11.3. The van der Waals surface area contributed by atoms with E-state index in [9.17, 15) is 9.90 Å². The minimum Gasteiger partial charge on any atom is -0.478 e. The molecule has 0 aliphatic rings. The van der Waals surface area contributed by atoms with Crippen LogP contribution >= 0.6 is 15.9 Å². The van der Waals surface area contributed by atoms with Gasteiger partial charge in [-0.3, -0.25) is 0 Å². The van der Waals surface area contributed by atoms with Crippen LogP contribution in [0.5, 0.6) is 5.75 Å². The Hall–Kier alpha value is -1.03. The Labute approximate surface area is 129 Å². The number of hydrogen-bond donors (Lipinski definition) is 1. The predicted octanol–water partition coefficient (Wildman–Crippen LogP) is 4.54. The van der Waals surface area contributed by atoms with E-state index in [1.54, 1.807) is 0 Å². The van der Waals surface area contributed by atoms with E-state index < -0.39 is 12.1 Å². The van der Waals surface area contributed by atoms with Crippen LogP contribution in [0.3, 0.4) is 0 Å². The number of halogens is 1. The van der Waals surface area contributed by atoms with Gasteiger partial charge in [-0.05, 0) is 39.9 Å². The molecule has 1 atom stereocenters. The molecule has 112 valence electrons. The molecule has 4 heteroatoms. The molecule has 1 N–H and O–H groups in total. The molecule has 0 aliphatic heterocycles. The van der Waals surface area contributed by atoms with Gasteiger partial charge in [0.05, 0.1) is 4.47 Å². The molecule has 0 bridgehead atoms. The zero-order valence-corrected chi connectivity index (χ0v) is 14.5. The van der Waals surface area contributed by atoms with E-state index >= 15 is 0 Å². The van der Waals surface area contributed by atoms with Crippen molar-refractivity contribution in [3.8, 4) is 5.75 Å². The summed E-state index contributed by atoms with van der Waals surface area (Å²) in [6, 6.07) is 4.00. The first-order chi connectivity index (χ1) is 9.04. The SMILES string of the molecule is Cc1cc(Br)c(OC(C(=O)O)C(C)C)c(C(C)(C)C)c1. The number of hydrogen-bond acceptors (Lipinski definition) is 2. The molecule has 0 radical (unpaired) electrons. The van der Waals surface area contributed by atoms with Crippen LogP contribution in [0.4, 0.5) is 0 Å². The Morgan fingerprint density at radius 2 is 1.85 bits per heavy atom. The summed E-state index contributed by atoms with van der Waals surface area (Å²) in [6.45, 7) is 12.0. The summed E-state index contributed by atoms with van der Waals surface area (Å²) in [7, 11) is 0. The van der Waals surface area contributed by atoms with Gasteiger partial charge in [-0.2, -0.15) is 0 Å². The van der Waals surface area contributed by atoms with Crippen LogP contribution in [-0.4, -0.2) is 17.2 Å². The first-order valence-corrected chi connectivity index (χ1v) is 7.53. The third-order valence-electron chi connectivity index (χ3n) is 3.09. The average Bonchev–Trinajstić information content (AvgIpc) is 2.24. The second-order valence-corrected chi connectivity index (χ2v) is 7.35. The standard InChI is InChI=1S/C16H23BrO3/c1-9(2)13(15(18)19)20-14-11(16(4,5)6)7-10(3)8-12(14)17/h7-9,13H,1-6H3,(H,18,19). The number of aliphatic carboxylic acids is 1. The molecule has 1 aromatic rings. The zero-order chi connectivity index (χ0) is 15.7. The Bertz CT molecular complexity index is 501. The lowest BCUT2D eigenvalue weighted by atomic mass is 9.85. The van der Waals surface area contributed by atoms with Gasteiger partial charge in [-0.25, -0.2) is 4.79 Å². The largest absolute Gasteiger partial charge is 0.478 e. The number of carboxylic acid groups (broad SMARTS) is 1. The van der Waals surface area contributed by atoms with Crippen molar-refractivity contribution in [1.29, 1.82) is 0 Å². The predicted molar refractivity (Wildman–Crippen MR) is 84.5 cm³/mol. The normalized spacial score (nSPS) is 13.4. The Morgan fingerprint density at radius 1 is 1.30 bits per heavy atom. The molecule has 0 aromatic heterocycles. The van der Waals surface area contributed by atoms with Crippen molar-refractivity contribution in [2.24, 2.45) is 5.92 Å². The highest BCUT2D eigenvalue weighted by atomic mass is 79.9. The first-order valence-electron chi connectivity index (χ1n) is 6.74. The topological polar surface area (TPSA) is 46.5 Å². The molecule has 1 unspecified atom stereocenters. The highest BCUT2D eigenvalue weighted by molar-refractivity contribution is 9.10. The average molecular weight is 343 g/mol. The summed E-state index contributed by atoms with van der Waals surface area (Å²) in [6.07, 6.45) is -0.852. The van der Waals surface area contributed by atoms with Crippen LogP contribution in [0.2, 0.25) is 0 Å². The van der Waals surface area contributed by atoms with E-state index in [1.807, 2.05) is 26.8 Å². The molecule has 0 saturated heterocycles. The number of rotatable bonds is 4. The van der Waals surface area contributed by atoms with E-state index in [1.165, 1.54) is 0 Å². The van der Waals surface area contributed by atoms with E-state index in [0.29, 0.717) is 5.75 Å². The molecule has 0 saturated carbocycles. The number of carbonyl (C=O) groups is 1. The van der Waals surface area contributed by atoms with Gasteiger partial charge < -0.3 is 9.84 Å². The monoisotopic (exact) mass is 342 g/mol. The summed E-state index contributed by atoms with van der Waals surface area (Å²) in [5.41, 5.74) is 2.01. The van der Waals surface area contributed by atoms with Gasteiger partial charge in [-0.15, -0.1) is 0 Å². The lowest BCUT2D eigenvalue weighted by molar-refractivity contribution is -0.147. The Balaban J connectivity index is 3.33. The fourth-order valence-electron chi connectivity index (χ4n) is 2.00. The highest BCUT2D eigenvalue weighted by Crippen LogP contribution is 2.39. The van der Waals surface area contributed by atoms with Crippen LogP contribution in [0.25, 0.3) is 0 Å². The Morgan fingerprint density at radius 3 is 2.25 bits per heavy atom. The molecule has 0 aliphatic carbocycles. The summed E-state index contributed by atoms with van der Waals surface area (Å²) >= 11 is 3.50. The van der Waals surface area contributed by atoms with Crippen molar-refractivity contribution in [3.05, 3.63) is 27.7 Å². The number of carboxylic acids is 1. The summed E-state index contributed by atoms with van der Waals surface area (Å²) < 4.78 is 6.63. The summed E-state index contributed by atoms with van der Waals surface area (Å²) in [5, 5.41) is 9.30. The van der Waals surface area contributed by atoms with Crippen LogP contribution < -0.4 is 4.74 Å². The van der Waals surface area contributed by atoms with Crippen LogP contribution in [0.1, 0.15) is 45.7 Å². The van der Waals surface area contributed by atoms with Gasteiger partial charge in [0, 0.05) is 11.5 Å². The van der Waals surface area contributed by atoms with Crippen LogP contribution in [-0.2, 0) is 10.2 Å². The smallest absolute Gasteiger partial charge is 0.345 e. The van der Waals surface area contributed by atoms with Crippen molar-refractivity contribution in [2.75, 3.05) is 0 Å². The molecule has 1 rings (SSSR count). The highest BCUT2D eigenvalue weighted by Gasteiger charge is 2.28. The summed E-state index contributed by atoms with van der Waals surface area (Å²) in [5.74, 6) is -0.412.